The number of aliphatic hydroxyl groups is 2. The first-order valence-electron chi connectivity index (χ1n) is 6.42. The van der Waals surface area contributed by atoms with Gasteiger partial charge in [-0.3, -0.25) is 14.3 Å². The van der Waals surface area contributed by atoms with Gasteiger partial charge < -0.3 is 19.4 Å². The van der Waals surface area contributed by atoms with E-state index in [1.165, 1.54) is 23.3 Å². The van der Waals surface area contributed by atoms with Gasteiger partial charge in [0, 0.05) is 18.2 Å². The second-order valence-electron chi connectivity index (χ2n) is 4.84. The van der Waals surface area contributed by atoms with Crippen LogP contribution in [-0.4, -0.2) is 38.6 Å². The molecule has 0 unspecified atom stereocenters. The summed E-state index contributed by atoms with van der Waals surface area (Å²) < 4.78 is 11.5. The molecule has 0 spiro atoms. The van der Waals surface area contributed by atoms with Crippen LogP contribution in [0.3, 0.4) is 0 Å². The molecular weight excluding hydrogens is 280 g/mol. The topological polar surface area (TPSA) is 118 Å². The van der Waals surface area contributed by atoms with Crippen LogP contribution in [0.15, 0.2) is 38.8 Å². The molecule has 1 aliphatic rings. The predicted octanol–water partition coefficient (Wildman–Crippen LogP) is -0.563. The average molecular weight is 294 g/mol. The Labute approximate surface area is 118 Å². The highest BCUT2D eigenvalue weighted by molar-refractivity contribution is 5.59. The molecule has 3 rings (SSSR count). The molecule has 0 saturated carbocycles. The molecule has 1 aliphatic heterocycles. The third-order valence-electron chi connectivity index (χ3n) is 3.49. The van der Waals surface area contributed by atoms with Crippen molar-refractivity contribution < 1.29 is 19.4 Å². The third kappa shape index (κ3) is 2.44. The Bertz CT molecular complexity index is 732. The zero-order valence-corrected chi connectivity index (χ0v) is 10.9. The van der Waals surface area contributed by atoms with E-state index in [1.54, 1.807) is 6.07 Å². The maximum absolute atomic E-state index is 11.9. The minimum absolute atomic E-state index is 0.155. The van der Waals surface area contributed by atoms with Crippen molar-refractivity contribution in [2.45, 2.75) is 24.9 Å². The van der Waals surface area contributed by atoms with Crippen LogP contribution in [-0.2, 0) is 4.74 Å². The summed E-state index contributed by atoms with van der Waals surface area (Å²) in [5.74, 6) is 0. The number of hydrogen-bond donors (Lipinski definition) is 3. The fourth-order valence-corrected chi connectivity index (χ4v) is 2.37. The summed E-state index contributed by atoms with van der Waals surface area (Å²) in [5, 5.41) is 18.8. The summed E-state index contributed by atoms with van der Waals surface area (Å²) in [6.45, 7) is -0.343. The van der Waals surface area contributed by atoms with E-state index in [0.29, 0.717) is 5.56 Å². The van der Waals surface area contributed by atoms with E-state index >= 15 is 0 Å². The number of rotatable bonds is 3. The van der Waals surface area contributed by atoms with Gasteiger partial charge in [-0.15, -0.1) is 0 Å². The third-order valence-corrected chi connectivity index (χ3v) is 3.49. The SMILES string of the molecule is O=c1[nH]c(=O)n([C@H]2C[C@H](O)[C@@H](CO)O2)cc1-c1ccoc1. The molecular formula is C13H14N2O6. The Hall–Kier alpha value is -2.16. The summed E-state index contributed by atoms with van der Waals surface area (Å²) in [5.41, 5.74) is -0.380. The maximum atomic E-state index is 11.9. The van der Waals surface area contributed by atoms with E-state index < -0.39 is 29.7 Å². The van der Waals surface area contributed by atoms with Crippen LogP contribution in [0.1, 0.15) is 12.6 Å². The van der Waals surface area contributed by atoms with E-state index in [0.717, 1.165) is 0 Å². The first-order valence-corrected chi connectivity index (χ1v) is 6.42. The number of aromatic amines is 1. The second-order valence-corrected chi connectivity index (χ2v) is 4.84. The van der Waals surface area contributed by atoms with Crippen LogP contribution in [0, 0.1) is 0 Å². The van der Waals surface area contributed by atoms with Gasteiger partial charge in [0.05, 0.1) is 30.8 Å². The fourth-order valence-electron chi connectivity index (χ4n) is 2.37. The fraction of sp³-hybridized carbons (Fsp3) is 0.385. The zero-order valence-electron chi connectivity index (χ0n) is 10.9. The molecule has 8 heteroatoms. The lowest BCUT2D eigenvalue weighted by atomic mass is 10.2. The quantitative estimate of drug-likeness (QED) is 0.698. The van der Waals surface area contributed by atoms with Crippen LogP contribution in [0.5, 0.6) is 0 Å². The van der Waals surface area contributed by atoms with Crippen molar-refractivity contribution in [2.24, 2.45) is 0 Å². The van der Waals surface area contributed by atoms with Crippen molar-refractivity contribution in [2.75, 3.05) is 6.61 Å². The summed E-state index contributed by atoms with van der Waals surface area (Å²) in [6, 6.07) is 1.60. The van der Waals surface area contributed by atoms with Gasteiger partial charge in [-0.25, -0.2) is 4.79 Å². The van der Waals surface area contributed by atoms with Gasteiger partial charge in [0.15, 0.2) is 0 Å². The Morgan fingerprint density at radius 1 is 1.43 bits per heavy atom. The number of ether oxygens (including phenoxy) is 1. The van der Waals surface area contributed by atoms with Gasteiger partial charge in [-0.1, -0.05) is 0 Å². The van der Waals surface area contributed by atoms with Crippen LogP contribution in [0.25, 0.3) is 11.1 Å². The predicted molar refractivity (Wildman–Crippen MR) is 70.6 cm³/mol. The molecule has 1 saturated heterocycles. The van der Waals surface area contributed by atoms with Crippen molar-refractivity contribution in [1.29, 1.82) is 0 Å². The highest BCUT2D eigenvalue weighted by Gasteiger charge is 2.35. The van der Waals surface area contributed by atoms with Crippen LogP contribution in [0.4, 0.5) is 0 Å². The molecule has 2 aromatic heterocycles. The summed E-state index contributed by atoms with van der Waals surface area (Å²) in [6.07, 6.45) is 1.97. The highest BCUT2D eigenvalue weighted by Crippen LogP contribution is 2.28. The molecule has 3 heterocycles. The molecule has 2 aromatic rings. The Kier molecular flexibility index (Phi) is 3.50. The van der Waals surface area contributed by atoms with Crippen molar-refractivity contribution >= 4 is 0 Å². The van der Waals surface area contributed by atoms with E-state index in [4.69, 9.17) is 14.3 Å². The number of nitrogens with one attached hydrogen (secondary N) is 1. The van der Waals surface area contributed by atoms with E-state index in [2.05, 4.69) is 4.98 Å². The molecule has 0 aliphatic carbocycles. The molecule has 0 aromatic carbocycles. The summed E-state index contributed by atoms with van der Waals surface area (Å²) >= 11 is 0. The zero-order chi connectivity index (χ0) is 15.0. The molecule has 21 heavy (non-hydrogen) atoms. The number of aromatic nitrogens is 2. The van der Waals surface area contributed by atoms with E-state index in [-0.39, 0.29) is 18.6 Å². The van der Waals surface area contributed by atoms with Gasteiger partial charge in [-0.05, 0) is 6.07 Å². The lowest BCUT2D eigenvalue weighted by Gasteiger charge is -2.15. The van der Waals surface area contributed by atoms with Gasteiger partial charge in [-0.2, -0.15) is 0 Å². The molecule has 0 amide bonds. The van der Waals surface area contributed by atoms with Crippen LogP contribution in [0.2, 0.25) is 0 Å². The number of furan rings is 1. The normalized spacial score (nSPS) is 25.3. The smallest absolute Gasteiger partial charge is 0.330 e. The monoisotopic (exact) mass is 294 g/mol. The van der Waals surface area contributed by atoms with Crippen molar-refractivity contribution in [3.8, 4) is 11.1 Å². The minimum atomic E-state index is -0.865. The Balaban J connectivity index is 2.02. The minimum Gasteiger partial charge on any atom is -0.472 e. The molecule has 3 N–H and O–H groups in total. The first kappa shape index (κ1) is 13.8. The number of nitrogens with zero attached hydrogens (tertiary/aromatic N) is 1. The standard InChI is InChI=1S/C13H14N2O6/c16-5-10-9(17)3-11(21-10)15-4-8(7-1-2-20-6-7)12(18)14-13(15)19/h1-2,4,6,9-11,16-17H,3,5H2,(H,14,18,19)/t9-,10+,11+/m0/s1. The molecule has 0 bridgehead atoms. The average Bonchev–Trinajstić information content (AvgIpc) is 3.08. The molecule has 8 nitrogen and oxygen atoms in total. The Morgan fingerprint density at radius 3 is 2.86 bits per heavy atom. The number of hydrogen-bond acceptors (Lipinski definition) is 6. The molecule has 112 valence electrons. The summed E-state index contributed by atoms with van der Waals surface area (Å²) in [7, 11) is 0. The van der Waals surface area contributed by atoms with Crippen LogP contribution >= 0.6 is 0 Å². The van der Waals surface area contributed by atoms with Gasteiger partial charge in [0.25, 0.3) is 5.56 Å². The van der Waals surface area contributed by atoms with Crippen molar-refractivity contribution in [1.82, 2.24) is 9.55 Å². The highest BCUT2D eigenvalue weighted by atomic mass is 16.5. The maximum Gasteiger partial charge on any atom is 0.330 e. The number of H-pyrrole nitrogens is 1. The van der Waals surface area contributed by atoms with Gasteiger partial charge >= 0.3 is 5.69 Å². The summed E-state index contributed by atoms with van der Waals surface area (Å²) in [4.78, 5) is 26.0. The van der Waals surface area contributed by atoms with E-state index in [1.807, 2.05) is 0 Å². The van der Waals surface area contributed by atoms with Crippen molar-refractivity contribution in [3.63, 3.8) is 0 Å². The lowest BCUT2D eigenvalue weighted by Crippen LogP contribution is -2.33. The molecule has 3 atom stereocenters. The molecule has 0 radical (unpaired) electrons. The lowest BCUT2D eigenvalue weighted by molar-refractivity contribution is -0.0458. The van der Waals surface area contributed by atoms with Crippen LogP contribution < -0.4 is 11.2 Å². The van der Waals surface area contributed by atoms with Crippen molar-refractivity contribution in [3.05, 3.63) is 45.6 Å². The van der Waals surface area contributed by atoms with Gasteiger partial charge in [0.2, 0.25) is 0 Å². The molecule has 1 fully saturated rings. The Morgan fingerprint density at radius 2 is 2.24 bits per heavy atom. The largest absolute Gasteiger partial charge is 0.472 e. The van der Waals surface area contributed by atoms with E-state index in [9.17, 15) is 14.7 Å². The number of aliphatic hydroxyl groups excluding tert-OH is 2. The van der Waals surface area contributed by atoms with Gasteiger partial charge in [0.1, 0.15) is 12.3 Å². The second kappa shape index (κ2) is 5.32. The first-order chi connectivity index (χ1) is 10.1.